The maximum absolute atomic E-state index is 11.3. The second kappa shape index (κ2) is 9.54. The van der Waals surface area contributed by atoms with Crippen molar-refractivity contribution in [3.63, 3.8) is 0 Å². The first-order chi connectivity index (χ1) is 10.8. The van der Waals surface area contributed by atoms with Crippen LogP contribution in [0.1, 0.15) is 51.4 Å². The van der Waals surface area contributed by atoms with Crippen molar-refractivity contribution in [2.75, 3.05) is 39.3 Å². The normalized spacial score (nSPS) is 15.6. The van der Waals surface area contributed by atoms with Crippen molar-refractivity contribution in [3.05, 3.63) is 0 Å². The van der Waals surface area contributed by atoms with Crippen molar-refractivity contribution in [2.24, 2.45) is 0 Å². The Hall–Kier alpha value is -1.46. The van der Waals surface area contributed by atoms with Crippen LogP contribution in [0.2, 0.25) is 0 Å². The van der Waals surface area contributed by atoms with E-state index >= 15 is 0 Å². The summed E-state index contributed by atoms with van der Waals surface area (Å²) >= 11 is 0. The van der Waals surface area contributed by atoms with Crippen LogP contribution >= 0.6 is 0 Å². The van der Waals surface area contributed by atoms with Gasteiger partial charge in [-0.25, -0.2) is 9.59 Å². The molecule has 0 aromatic heterocycles. The van der Waals surface area contributed by atoms with Crippen LogP contribution in [-0.4, -0.2) is 61.1 Å². The lowest BCUT2D eigenvalue weighted by Crippen LogP contribution is -2.29. The Morgan fingerprint density at radius 2 is 0.909 bits per heavy atom. The number of rotatable bonds is 11. The fourth-order valence-corrected chi connectivity index (χ4v) is 2.43. The van der Waals surface area contributed by atoms with Gasteiger partial charge in [0.1, 0.15) is 0 Å². The van der Waals surface area contributed by atoms with Crippen molar-refractivity contribution in [1.82, 2.24) is 20.4 Å². The number of amides is 4. The van der Waals surface area contributed by atoms with Gasteiger partial charge in [0.2, 0.25) is 0 Å². The van der Waals surface area contributed by atoms with Gasteiger partial charge in [-0.15, -0.1) is 0 Å². The SMILES string of the molecule is O=C(NCCCCCCCCCCNC(=O)N1CC1)N1CC1. The summed E-state index contributed by atoms with van der Waals surface area (Å²) in [7, 11) is 0. The number of nitrogens with zero attached hydrogens (tertiary/aromatic N) is 2. The molecular formula is C16H30N4O2. The van der Waals surface area contributed by atoms with E-state index in [1.807, 2.05) is 9.80 Å². The predicted molar refractivity (Wildman–Crippen MR) is 86.9 cm³/mol. The quantitative estimate of drug-likeness (QED) is 0.454. The Balaban J connectivity index is 1.24. The highest BCUT2D eigenvalue weighted by Gasteiger charge is 2.23. The Morgan fingerprint density at radius 1 is 0.591 bits per heavy atom. The lowest BCUT2D eigenvalue weighted by molar-refractivity contribution is 0.228. The minimum atomic E-state index is 0.102. The Kier molecular flexibility index (Phi) is 7.33. The zero-order valence-corrected chi connectivity index (χ0v) is 13.6. The summed E-state index contributed by atoms with van der Waals surface area (Å²) in [6, 6.07) is 0.205. The minimum Gasteiger partial charge on any atom is -0.338 e. The molecule has 2 aliphatic rings. The van der Waals surface area contributed by atoms with Gasteiger partial charge in [0, 0.05) is 39.3 Å². The van der Waals surface area contributed by atoms with Crippen molar-refractivity contribution in [1.29, 1.82) is 0 Å². The van der Waals surface area contributed by atoms with E-state index in [2.05, 4.69) is 10.6 Å². The number of nitrogens with one attached hydrogen (secondary N) is 2. The fraction of sp³-hybridized carbons (Fsp3) is 0.875. The lowest BCUT2D eigenvalue weighted by Gasteiger charge is -2.06. The van der Waals surface area contributed by atoms with Crippen molar-refractivity contribution in [3.8, 4) is 0 Å². The summed E-state index contributed by atoms with van der Waals surface area (Å²) in [6.45, 7) is 5.32. The van der Waals surface area contributed by atoms with Crippen LogP contribution in [0, 0.1) is 0 Å². The minimum absolute atomic E-state index is 0.102. The van der Waals surface area contributed by atoms with Crippen LogP contribution in [0.25, 0.3) is 0 Å². The Labute approximate surface area is 133 Å². The maximum atomic E-state index is 11.3. The summed E-state index contributed by atoms with van der Waals surface area (Å²) in [4.78, 5) is 26.3. The molecule has 2 N–H and O–H groups in total. The topological polar surface area (TPSA) is 64.2 Å². The van der Waals surface area contributed by atoms with Crippen LogP contribution in [0.3, 0.4) is 0 Å². The van der Waals surface area contributed by atoms with Crippen LogP contribution in [0.15, 0.2) is 0 Å². The molecule has 126 valence electrons. The van der Waals surface area contributed by atoms with Gasteiger partial charge in [0.15, 0.2) is 0 Å². The van der Waals surface area contributed by atoms with Gasteiger partial charge >= 0.3 is 12.1 Å². The van der Waals surface area contributed by atoms with E-state index in [4.69, 9.17) is 0 Å². The molecule has 0 aromatic rings. The molecule has 0 atom stereocenters. The van der Waals surface area contributed by atoms with E-state index in [-0.39, 0.29) is 12.1 Å². The van der Waals surface area contributed by atoms with Gasteiger partial charge in [0.05, 0.1) is 0 Å². The molecular weight excluding hydrogens is 280 g/mol. The number of carbonyl (C=O) groups is 2. The average Bonchev–Trinajstić information content (AvgIpc) is 3.40. The molecule has 2 rings (SSSR count). The first-order valence-corrected chi connectivity index (χ1v) is 8.83. The average molecular weight is 310 g/mol. The van der Waals surface area contributed by atoms with Crippen molar-refractivity contribution >= 4 is 12.1 Å². The van der Waals surface area contributed by atoms with Crippen molar-refractivity contribution in [2.45, 2.75) is 51.4 Å². The molecule has 0 aromatic carbocycles. The molecule has 4 amide bonds. The van der Waals surface area contributed by atoms with Gasteiger partial charge in [-0.05, 0) is 12.8 Å². The number of hydrogen-bond acceptors (Lipinski definition) is 2. The summed E-state index contributed by atoms with van der Waals surface area (Å²) in [5.74, 6) is 0. The summed E-state index contributed by atoms with van der Waals surface area (Å²) < 4.78 is 0. The van der Waals surface area contributed by atoms with Crippen molar-refractivity contribution < 1.29 is 9.59 Å². The third-order valence-corrected chi connectivity index (χ3v) is 4.12. The van der Waals surface area contributed by atoms with E-state index in [0.29, 0.717) is 0 Å². The second-order valence-electron chi connectivity index (χ2n) is 6.27. The molecule has 6 heteroatoms. The summed E-state index contributed by atoms with van der Waals surface area (Å²) in [5, 5.41) is 5.88. The van der Waals surface area contributed by atoms with Crippen LogP contribution in [-0.2, 0) is 0 Å². The first-order valence-electron chi connectivity index (χ1n) is 8.83. The monoisotopic (exact) mass is 310 g/mol. The fourth-order valence-electron chi connectivity index (χ4n) is 2.43. The molecule has 0 aliphatic carbocycles. The predicted octanol–water partition coefficient (Wildman–Crippen LogP) is 2.16. The molecule has 2 aliphatic heterocycles. The third kappa shape index (κ3) is 7.52. The maximum Gasteiger partial charge on any atom is 0.317 e. The molecule has 2 saturated heterocycles. The lowest BCUT2D eigenvalue weighted by atomic mass is 10.1. The molecule has 0 unspecified atom stereocenters. The Bertz CT molecular complexity index is 320. The highest BCUT2D eigenvalue weighted by Crippen LogP contribution is 2.09. The van der Waals surface area contributed by atoms with Crippen LogP contribution in [0.5, 0.6) is 0 Å². The number of urea groups is 2. The van der Waals surface area contributed by atoms with Crippen LogP contribution < -0.4 is 10.6 Å². The molecule has 6 nitrogen and oxygen atoms in total. The van der Waals surface area contributed by atoms with Gasteiger partial charge in [0.25, 0.3) is 0 Å². The zero-order valence-electron chi connectivity index (χ0n) is 13.6. The van der Waals surface area contributed by atoms with E-state index < -0.39 is 0 Å². The molecule has 22 heavy (non-hydrogen) atoms. The van der Waals surface area contributed by atoms with Gasteiger partial charge in [-0.3, -0.25) is 0 Å². The number of carbonyl (C=O) groups excluding carboxylic acids is 2. The van der Waals surface area contributed by atoms with E-state index in [1.165, 1.54) is 38.5 Å². The van der Waals surface area contributed by atoms with E-state index in [9.17, 15) is 9.59 Å². The highest BCUT2D eigenvalue weighted by atomic mass is 16.2. The third-order valence-electron chi connectivity index (χ3n) is 4.12. The highest BCUT2D eigenvalue weighted by molar-refractivity contribution is 5.76. The van der Waals surface area contributed by atoms with Gasteiger partial charge < -0.3 is 20.4 Å². The first kappa shape index (κ1) is 16.9. The summed E-state index contributed by atoms with van der Waals surface area (Å²) in [6.07, 6.45) is 9.64. The zero-order chi connectivity index (χ0) is 15.6. The molecule has 0 bridgehead atoms. The number of hydrogen-bond donors (Lipinski definition) is 2. The molecule has 0 spiro atoms. The molecule has 0 radical (unpaired) electrons. The molecule has 0 saturated carbocycles. The molecule has 2 fully saturated rings. The number of unbranched alkanes of at least 4 members (excludes halogenated alkanes) is 7. The standard InChI is InChI=1S/C16H30N4O2/c21-15(19-11-12-19)17-9-7-5-3-1-2-4-6-8-10-18-16(22)20-13-14-20/h1-14H2,(H,17,21)(H,18,22). The van der Waals surface area contributed by atoms with Gasteiger partial charge in [-0.2, -0.15) is 0 Å². The van der Waals surface area contributed by atoms with E-state index in [1.54, 1.807) is 0 Å². The largest absolute Gasteiger partial charge is 0.338 e. The Morgan fingerprint density at radius 3 is 1.23 bits per heavy atom. The molecule has 2 heterocycles. The van der Waals surface area contributed by atoms with Gasteiger partial charge in [-0.1, -0.05) is 38.5 Å². The second-order valence-corrected chi connectivity index (χ2v) is 6.27. The van der Waals surface area contributed by atoms with E-state index in [0.717, 1.165) is 52.1 Å². The van der Waals surface area contributed by atoms with Crippen LogP contribution in [0.4, 0.5) is 9.59 Å². The summed E-state index contributed by atoms with van der Waals surface area (Å²) in [5.41, 5.74) is 0. The smallest absolute Gasteiger partial charge is 0.317 e.